The number of urea groups is 1. The van der Waals surface area contributed by atoms with E-state index in [-0.39, 0.29) is 23.8 Å². The summed E-state index contributed by atoms with van der Waals surface area (Å²) in [5.74, 6) is -0.924. The van der Waals surface area contributed by atoms with Crippen molar-refractivity contribution in [3.05, 3.63) is 0 Å². The third-order valence-electron chi connectivity index (χ3n) is 3.69. The molecule has 1 saturated heterocycles. The fourth-order valence-corrected chi connectivity index (χ4v) is 2.56. The van der Waals surface area contributed by atoms with Crippen molar-refractivity contribution in [3.8, 4) is 0 Å². The summed E-state index contributed by atoms with van der Waals surface area (Å²) in [7, 11) is 0. The first-order chi connectivity index (χ1) is 9.79. The number of carbonyl (C=O) groups is 3. The van der Waals surface area contributed by atoms with Gasteiger partial charge in [-0.3, -0.25) is 4.79 Å². The quantitative estimate of drug-likeness (QED) is 0.672. The van der Waals surface area contributed by atoms with E-state index in [4.69, 9.17) is 10.8 Å². The smallest absolute Gasteiger partial charge is 0.326 e. The van der Waals surface area contributed by atoms with Crippen LogP contribution in [0.15, 0.2) is 0 Å². The van der Waals surface area contributed by atoms with Crippen LogP contribution < -0.4 is 11.1 Å². The molecule has 0 unspecified atom stereocenters. The maximum Gasteiger partial charge on any atom is 0.326 e. The molecule has 7 nitrogen and oxygen atoms in total. The number of rotatable bonds is 6. The Morgan fingerprint density at radius 1 is 1.29 bits per heavy atom. The van der Waals surface area contributed by atoms with Crippen molar-refractivity contribution in [1.82, 2.24) is 10.2 Å². The number of nitrogens with zero attached hydrogens (tertiary/aromatic N) is 1. The molecule has 0 aliphatic carbocycles. The Morgan fingerprint density at radius 2 is 1.86 bits per heavy atom. The van der Waals surface area contributed by atoms with Crippen molar-refractivity contribution >= 4 is 17.9 Å². The van der Waals surface area contributed by atoms with Gasteiger partial charge in [-0.25, -0.2) is 9.59 Å². The summed E-state index contributed by atoms with van der Waals surface area (Å²) in [5, 5.41) is 11.7. The van der Waals surface area contributed by atoms with Gasteiger partial charge in [-0.05, 0) is 31.1 Å². The van der Waals surface area contributed by atoms with Gasteiger partial charge in [-0.1, -0.05) is 13.8 Å². The molecule has 0 aromatic carbocycles. The van der Waals surface area contributed by atoms with Gasteiger partial charge in [-0.15, -0.1) is 0 Å². The van der Waals surface area contributed by atoms with Crippen molar-refractivity contribution in [2.45, 2.75) is 45.6 Å². The molecule has 0 radical (unpaired) electrons. The maximum absolute atomic E-state index is 12.1. The molecule has 120 valence electrons. The normalized spacial score (nSPS) is 17.6. The maximum atomic E-state index is 12.1. The van der Waals surface area contributed by atoms with Crippen LogP contribution in [0.25, 0.3) is 0 Å². The summed E-state index contributed by atoms with van der Waals surface area (Å²) >= 11 is 0. The summed E-state index contributed by atoms with van der Waals surface area (Å²) in [6, 6.07) is -1.21. The van der Waals surface area contributed by atoms with E-state index in [1.807, 2.05) is 13.8 Å². The number of piperidine rings is 1. The highest BCUT2D eigenvalue weighted by Gasteiger charge is 2.27. The fourth-order valence-electron chi connectivity index (χ4n) is 2.56. The van der Waals surface area contributed by atoms with Gasteiger partial charge in [-0.2, -0.15) is 0 Å². The van der Waals surface area contributed by atoms with Gasteiger partial charge in [0.25, 0.3) is 0 Å². The predicted octanol–water partition coefficient (Wildman–Crippen LogP) is 0.783. The minimum absolute atomic E-state index is 0.188. The Morgan fingerprint density at radius 3 is 2.29 bits per heavy atom. The van der Waals surface area contributed by atoms with E-state index in [2.05, 4.69) is 5.32 Å². The summed E-state index contributed by atoms with van der Waals surface area (Å²) in [6.07, 6.45) is 2.19. The third kappa shape index (κ3) is 6.01. The van der Waals surface area contributed by atoms with Crippen LogP contribution in [0.4, 0.5) is 4.79 Å². The number of carboxylic acid groups (broad SMARTS) is 1. The van der Waals surface area contributed by atoms with Crippen LogP contribution in [0.5, 0.6) is 0 Å². The molecular formula is C14H25N3O4. The molecule has 1 aliphatic rings. The Kier molecular flexibility index (Phi) is 6.45. The lowest BCUT2D eigenvalue weighted by atomic mass is 9.93. The van der Waals surface area contributed by atoms with Crippen LogP contribution in [0.3, 0.4) is 0 Å². The molecule has 0 bridgehead atoms. The number of aliphatic carboxylic acids is 1. The number of hydrogen-bond donors (Lipinski definition) is 3. The van der Waals surface area contributed by atoms with Crippen molar-refractivity contribution in [2.75, 3.05) is 13.1 Å². The highest BCUT2D eigenvalue weighted by Crippen LogP contribution is 2.20. The highest BCUT2D eigenvalue weighted by atomic mass is 16.4. The Labute approximate surface area is 124 Å². The zero-order chi connectivity index (χ0) is 16.0. The molecule has 0 aromatic rings. The van der Waals surface area contributed by atoms with E-state index in [0.717, 1.165) is 12.8 Å². The van der Waals surface area contributed by atoms with Crippen LogP contribution in [-0.2, 0) is 9.59 Å². The predicted molar refractivity (Wildman–Crippen MR) is 77.5 cm³/mol. The monoisotopic (exact) mass is 299 g/mol. The number of carboxylic acids is 1. The van der Waals surface area contributed by atoms with Gasteiger partial charge in [0.15, 0.2) is 0 Å². The third-order valence-corrected chi connectivity index (χ3v) is 3.69. The van der Waals surface area contributed by atoms with E-state index < -0.39 is 12.0 Å². The van der Waals surface area contributed by atoms with Crippen molar-refractivity contribution in [2.24, 2.45) is 17.6 Å². The molecule has 4 N–H and O–H groups in total. The lowest BCUT2D eigenvalue weighted by Gasteiger charge is -2.32. The topological polar surface area (TPSA) is 113 Å². The highest BCUT2D eigenvalue weighted by molar-refractivity contribution is 5.82. The first-order valence-electron chi connectivity index (χ1n) is 7.36. The Hall–Kier alpha value is -1.79. The minimum atomic E-state index is -1.01. The zero-order valence-electron chi connectivity index (χ0n) is 12.7. The van der Waals surface area contributed by atoms with Gasteiger partial charge >= 0.3 is 12.0 Å². The SMILES string of the molecule is CC(C)C[C@H](NC(=O)N1CCC(CC(N)=O)CC1)C(=O)O. The number of nitrogens with one attached hydrogen (secondary N) is 1. The van der Waals surface area contributed by atoms with Crippen LogP contribution in [0.1, 0.15) is 39.5 Å². The number of hydrogen-bond acceptors (Lipinski definition) is 3. The van der Waals surface area contributed by atoms with Gasteiger partial charge in [0.05, 0.1) is 0 Å². The van der Waals surface area contributed by atoms with E-state index in [1.54, 1.807) is 4.90 Å². The fraction of sp³-hybridized carbons (Fsp3) is 0.786. The lowest BCUT2D eigenvalue weighted by molar-refractivity contribution is -0.139. The lowest BCUT2D eigenvalue weighted by Crippen LogP contribution is -2.50. The molecule has 3 amide bonds. The summed E-state index contributed by atoms with van der Waals surface area (Å²) in [5.41, 5.74) is 5.17. The summed E-state index contributed by atoms with van der Waals surface area (Å²) < 4.78 is 0. The first-order valence-corrected chi connectivity index (χ1v) is 7.36. The van der Waals surface area contributed by atoms with Crippen LogP contribution in [0, 0.1) is 11.8 Å². The Bertz CT molecular complexity index is 390. The molecule has 1 fully saturated rings. The van der Waals surface area contributed by atoms with Gasteiger partial charge < -0.3 is 21.1 Å². The molecule has 1 rings (SSSR count). The number of primary amides is 1. The second kappa shape index (κ2) is 7.85. The number of likely N-dealkylation sites (tertiary alicyclic amines) is 1. The van der Waals surface area contributed by atoms with Crippen LogP contribution in [0.2, 0.25) is 0 Å². The number of amides is 3. The Balaban J connectivity index is 2.45. The average molecular weight is 299 g/mol. The van der Waals surface area contributed by atoms with Crippen LogP contribution >= 0.6 is 0 Å². The first kappa shape index (κ1) is 17.3. The molecule has 0 aromatic heterocycles. The molecule has 1 atom stereocenters. The molecule has 1 heterocycles. The second-order valence-electron chi connectivity index (χ2n) is 6.07. The number of carbonyl (C=O) groups excluding carboxylic acids is 2. The van der Waals surface area contributed by atoms with Gasteiger partial charge in [0.2, 0.25) is 5.91 Å². The molecule has 1 aliphatic heterocycles. The molecular weight excluding hydrogens is 274 g/mol. The van der Waals surface area contributed by atoms with Crippen molar-refractivity contribution in [1.29, 1.82) is 0 Å². The molecule has 0 spiro atoms. The average Bonchev–Trinajstić information content (AvgIpc) is 2.37. The summed E-state index contributed by atoms with van der Waals surface area (Å²) in [6.45, 7) is 4.88. The molecule has 0 saturated carbocycles. The molecule has 21 heavy (non-hydrogen) atoms. The van der Waals surface area contributed by atoms with E-state index >= 15 is 0 Å². The van der Waals surface area contributed by atoms with Crippen molar-refractivity contribution < 1.29 is 19.5 Å². The molecule has 7 heteroatoms. The van der Waals surface area contributed by atoms with Crippen molar-refractivity contribution in [3.63, 3.8) is 0 Å². The van der Waals surface area contributed by atoms with E-state index in [9.17, 15) is 14.4 Å². The minimum Gasteiger partial charge on any atom is -0.480 e. The van der Waals surface area contributed by atoms with Gasteiger partial charge in [0.1, 0.15) is 6.04 Å². The van der Waals surface area contributed by atoms with Gasteiger partial charge in [0, 0.05) is 19.5 Å². The van der Waals surface area contributed by atoms with Crippen LogP contribution in [-0.4, -0.2) is 47.0 Å². The largest absolute Gasteiger partial charge is 0.480 e. The summed E-state index contributed by atoms with van der Waals surface area (Å²) in [4.78, 5) is 35.7. The number of nitrogens with two attached hydrogens (primary N) is 1. The van der Waals surface area contributed by atoms with E-state index in [1.165, 1.54) is 0 Å². The standard InChI is InChI=1S/C14H25N3O4/c1-9(2)7-11(13(19)20)16-14(21)17-5-3-10(4-6-17)8-12(15)18/h9-11H,3-8H2,1-2H3,(H2,15,18)(H,16,21)(H,19,20)/t11-/m0/s1. The second-order valence-corrected chi connectivity index (χ2v) is 6.07. The van der Waals surface area contributed by atoms with E-state index in [0.29, 0.717) is 25.9 Å². The zero-order valence-corrected chi connectivity index (χ0v) is 12.7.